The lowest BCUT2D eigenvalue weighted by molar-refractivity contribution is -0.216. The minimum atomic E-state index is -5.41. The van der Waals surface area contributed by atoms with Gasteiger partial charge in [-0.15, -0.1) is 0 Å². The van der Waals surface area contributed by atoms with Crippen LogP contribution in [-0.4, -0.2) is 125 Å². The lowest BCUT2D eigenvalue weighted by Gasteiger charge is -2.43. The fourth-order valence-electron chi connectivity index (χ4n) is 6.57. The van der Waals surface area contributed by atoms with Gasteiger partial charge in [-0.2, -0.15) is 0 Å². The summed E-state index contributed by atoms with van der Waals surface area (Å²) in [7, 11) is -10.8. The molecule has 0 spiro atoms. The van der Waals surface area contributed by atoms with Crippen molar-refractivity contribution < 1.29 is 87.1 Å². The molecule has 394 valence electrons. The second-order valence-corrected chi connectivity index (χ2v) is 19.0. The lowest BCUT2D eigenvalue weighted by atomic mass is 9.85. The van der Waals surface area contributed by atoms with Crippen molar-refractivity contribution in [3.8, 4) is 0 Å². The molecule has 0 saturated heterocycles. The van der Waals surface area contributed by atoms with Gasteiger partial charge in [0.1, 0.15) is 43.2 Å². The summed E-state index contributed by atoms with van der Waals surface area (Å²) in [5.74, 6) is -1.53. The number of hydrogen-bond donors (Lipinski definition) is 9. The molecule has 1 saturated carbocycles. The largest absolute Gasteiger partial charge is 0.472 e. The first kappa shape index (κ1) is 63.9. The summed E-state index contributed by atoms with van der Waals surface area (Å²) in [5, 5.41) is 62.1. The molecular weight excluding hydrogens is 938 g/mol. The van der Waals surface area contributed by atoms with Crippen LogP contribution in [0.3, 0.4) is 0 Å². The maximum atomic E-state index is 13.0. The predicted octanol–water partition coefficient (Wildman–Crippen LogP) is 7.11. The normalized spacial score (nSPS) is 22.9. The van der Waals surface area contributed by atoms with E-state index in [-0.39, 0.29) is 32.1 Å². The Labute approximate surface area is 408 Å². The van der Waals surface area contributed by atoms with Crippen LogP contribution in [-0.2, 0) is 41.8 Å². The third kappa shape index (κ3) is 32.4. The molecule has 5 unspecified atom stereocenters. The highest BCUT2D eigenvalue weighted by Crippen LogP contribution is 2.49. The highest BCUT2D eigenvalue weighted by molar-refractivity contribution is 7.47. The molecule has 0 aromatic heterocycles. The number of allylic oxidation sites excluding steroid dienone is 15. The van der Waals surface area contributed by atoms with Crippen molar-refractivity contribution in [1.29, 1.82) is 0 Å². The number of esters is 2. The average molecular weight is 1020 g/mol. The zero-order valence-electron chi connectivity index (χ0n) is 40.2. The van der Waals surface area contributed by atoms with Crippen LogP contribution >= 0.6 is 15.6 Å². The van der Waals surface area contributed by atoms with E-state index in [1.165, 1.54) is 0 Å². The van der Waals surface area contributed by atoms with Gasteiger partial charge in [0.05, 0.1) is 18.8 Å². The number of aliphatic hydroxyl groups excluding tert-OH is 6. The molecule has 9 N–H and O–H groups in total. The summed E-state index contributed by atoms with van der Waals surface area (Å²) < 4.78 is 49.2. The fraction of sp³-hybridized carbons (Fsp3) is 0.633. The smallest absolute Gasteiger partial charge is 0.462 e. The molecule has 0 aromatic carbocycles. The second kappa shape index (κ2) is 38.5. The standard InChI is InChI=1S/C49H80O18P2/c1-3-5-7-9-11-13-15-17-18-19-20-21-23-25-27-29-31-35-42(52)63-37-39(38-64-69(61,62)67-49-46(56)44(54)45(55)48(47(49)57)66-68(58,59)60)65-43(53)36-32-34-41(51)40(50)33-30-28-26-24-22-16-14-12-10-8-6-4-2/h5-8,11-14,17-18,20-22,24,28,30,39-41,44-51,54-57H,3-4,9-10,15-16,19,23,25-27,29,31-38H2,1-2H3,(H,61,62)(H2,58,59,60)/b7-5-,8-6-,13-11-,14-12-,18-17-,21-20-,24-22-,30-28-/t39-,40-,41-,44?,45?,46?,47?,48-,49+/m1/s1. The van der Waals surface area contributed by atoms with Crippen LogP contribution in [0.2, 0.25) is 0 Å². The zero-order chi connectivity index (χ0) is 51.3. The quantitative estimate of drug-likeness (QED) is 0.0129. The lowest BCUT2D eigenvalue weighted by Crippen LogP contribution is -2.64. The molecule has 1 rings (SSSR count). The summed E-state index contributed by atoms with van der Waals surface area (Å²) in [6.07, 6.45) is 26.5. The number of carbonyl (C=O) groups excluding carboxylic acids is 2. The molecular formula is C49H80O18P2. The van der Waals surface area contributed by atoms with E-state index in [0.29, 0.717) is 12.8 Å². The first-order chi connectivity index (χ1) is 32.9. The van der Waals surface area contributed by atoms with Crippen molar-refractivity contribution >= 4 is 27.6 Å². The Morgan fingerprint density at radius 2 is 0.986 bits per heavy atom. The van der Waals surface area contributed by atoms with Crippen LogP contribution in [0.1, 0.15) is 129 Å². The van der Waals surface area contributed by atoms with Gasteiger partial charge >= 0.3 is 27.6 Å². The van der Waals surface area contributed by atoms with Gasteiger partial charge in [-0.25, -0.2) is 9.13 Å². The zero-order valence-corrected chi connectivity index (χ0v) is 42.0. The third-order valence-electron chi connectivity index (χ3n) is 10.4. The van der Waals surface area contributed by atoms with Gasteiger partial charge in [0.15, 0.2) is 6.10 Å². The molecule has 0 radical (unpaired) electrons. The number of unbranched alkanes of at least 4 members (excludes halogenated alkanes) is 4. The molecule has 0 aliphatic heterocycles. The van der Waals surface area contributed by atoms with E-state index in [9.17, 15) is 64.0 Å². The Balaban J connectivity index is 2.72. The fourth-order valence-corrected chi connectivity index (χ4v) is 8.11. The van der Waals surface area contributed by atoms with E-state index in [2.05, 4.69) is 91.3 Å². The van der Waals surface area contributed by atoms with Crippen LogP contribution < -0.4 is 0 Å². The van der Waals surface area contributed by atoms with Crippen molar-refractivity contribution in [2.45, 2.75) is 184 Å². The second-order valence-electron chi connectivity index (χ2n) is 16.4. The minimum absolute atomic E-state index is 0.0163. The van der Waals surface area contributed by atoms with Gasteiger partial charge in [-0.1, -0.05) is 124 Å². The number of carbonyl (C=O) groups is 2. The Morgan fingerprint density at radius 1 is 0.522 bits per heavy atom. The molecule has 20 heteroatoms. The van der Waals surface area contributed by atoms with Crippen LogP contribution in [0.25, 0.3) is 0 Å². The molecule has 1 fully saturated rings. The summed E-state index contributed by atoms with van der Waals surface area (Å²) in [5.41, 5.74) is 0. The molecule has 1 aliphatic rings. The van der Waals surface area contributed by atoms with Crippen molar-refractivity contribution in [3.05, 3.63) is 97.2 Å². The highest BCUT2D eigenvalue weighted by Gasteiger charge is 2.54. The molecule has 18 nitrogen and oxygen atoms in total. The Kier molecular flexibility index (Phi) is 35.6. The maximum Gasteiger partial charge on any atom is 0.472 e. The van der Waals surface area contributed by atoms with Crippen LogP contribution in [0, 0.1) is 0 Å². The minimum Gasteiger partial charge on any atom is -0.462 e. The van der Waals surface area contributed by atoms with E-state index in [1.54, 1.807) is 6.08 Å². The molecule has 1 aliphatic carbocycles. The number of rotatable bonds is 38. The Hall–Kier alpha value is -3.16. The Morgan fingerprint density at radius 3 is 1.51 bits per heavy atom. The molecule has 0 aromatic rings. The van der Waals surface area contributed by atoms with Crippen molar-refractivity contribution in [2.24, 2.45) is 0 Å². The van der Waals surface area contributed by atoms with Crippen LogP contribution in [0.4, 0.5) is 0 Å². The van der Waals surface area contributed by atoms with Gasteiger partial charge in [0.25, 0.3) is 0 Å². The Bertz CT molecular complexity index is 1740. The summed E-state index contributed by atoms with van der Waals surface area (Å²) in [6, 6.07) is 0. The first-order valence-corrected chi connectivity index (χ1v) is 27.0. The topological polar surface area (TPSA) is 296 Å². The van der Waals surface area contributed by atoms with Crippen LogP contribution in [0.15, 0.2) is 97.2 Å². The van der Waals surface area contributed by atoms with Gasteiger partial charge in [-0.05, 0) is 89.9 Å². The number of ether oxygens (including phenoxy) is 2. The number of phosphoric acid groups is 2. The highest BCUT2D eigenvalue weighted by atomic mass is 31.2. The third-order valence-corrected chi connectivity index (χ3v) is 11.9. The van der Waals surface area contributed by atoms with E-state index >= 15 is 0 Å². The van der Waals surface area contributed by atoms with Crippen molar-refractivity contribution in [1.82, 2.24) is 0 Å². The molecule has 69 heavy (non-hydrogen) atoms. The summed E-state index contributed by atoms with van der Waals surface area (Å²) in [6.45, 7) is 2.60. The first-order valence-electron chi connectivity index (χ1n) is 23.9. The SMILES string of the molecule is CC/C=C\C/C=C\C/C=C\C/C=C\CCCCCCC(=O)OC[C@H](COP(=O)(O)O[C@H]1C(O)C(O)C(O)[C@@H](OP(=O)(O)O)C1O)OC(=O)CCC[C@@H](O)[C@H](O)C/C=C\C/C=C\C/C=C\C/C=C\CC. The van der Waals surface area contributed by atoms with E-state index < -0.39 is 95.7 Å². The molecule has 0 amide bonds. The number of phosphoric ester groups is 2. The van der Waals surface area contributed by atoms with Gasteiger partial charge in [0.2, 0.25) is 0 Å². The van der Waals surface area contributed by atoms with Gasteiger partial charge in [0, 0.05) is 12.8 Å². The van der Waals surface area contributed by atoms with Crippen molar-refractivity contribution in [2.75, 3.05) is 13.2 Å². The number of aliphatic hydroxyl groups is 6. The van der Waals surface area contributed by atoms with Crippen molar-refractivity contribution in [3.63, 3.8) is 0 Å². The summed E-state index contributed by atoms with van der Waals surface area (Å²) >= 11 is 0. The van der Waals surface area contributed by atoms with Crippen LogP contribution in [0.5, 0.6) is 0 Å². The number of hydrogen-bond acceptors (Lipinski definition) is 15. The average Bonchev–Trinajstić information content (AvgIpc) is 3.30. The van der Waals surface area contributed by atoms with E-state index in [1.807, 2.05) is 18.2 Å². The molecule has 10 atom stereocenters. The van der Waals surface area contributed by atoms with Gasteiger partial charge in [-0.3, -0.25) is 23.2 Å². The maximum absolute atomic E-state index is 13.0. The van der Waals surface area contributed by atoms with Gasteiger partial charge < -0.3 is 54.8 Å². The molecule has 0 bridgehead atoms. The predicted molar refractivity (Wildman–Crippen MR) is 262 cm³/mol. The monoisotopic (exact) mass is 1020 g/mol. The van der Waals surface area contributed by atoms with E-state index in [0.717, 1.165) is 70.6 Å². The van der Waals surface area contributed by atoms with E-state index in [4.69, 9.17) is 18.5 Å². The summed E-state index contributed by atoms with van der Waals surface area (Å²) in [4.78, 5) is 54.4. The molecule has 0 heterocycles.